The van der Waals surface area contributed by atoms with Crippen LogP contribution < -0.4 is 5.56 Å². The summed E-state index contributed by atoms with van der Waals surface area (Å²) < 4.78 is 1.84. The molecule has 0 radical (unpaired) electrons. The van der Waals surface area contributed by atoms with Crippen molar-refractivity contribution in [1.29, 1.82) is 0 Å². The zero-order valence-electron chi connectivity index (χ0n) is 18.1. The zero-order valence-corrected chi connectivity index (χ0v) is 18.1. The molecule has 6 rings (SSSR count). The van der Waals surface area contributed by atoms with Gasteiger partial charge in [0, 0.05) is 12.7 Å². The van der Waals surface area contributed by atoms with Gasteiger partial charge in [0.15, 0.2) is 0 Å². The van der Waals surface area contributed by atoms with Gasteiger partial charge in [-0.3, -0.25) is 4.79 Å². The molecule has 0 atom stereocenters. The summed E-state index contributed by atoms with van der Waals surface area (Å²) in [5.74, 6) is 0. The van der Waals surface area contributed by atoms with Crippen molar-refractivity contribution in [3.8, 4) is 5.69 Å². The van der Waals surface area contributed by atoms with Crippen LogP contribution in [0, 0.1) is 0 Å². The van der Waals surface area contributed by atoms with E-state index >= 15 is 0 Å². The number of aromatic amines is 1. The van der Waals surface area contributed by atoms with Crippen LogP contribution in [0.1, 0.15) is 36.0 Å². The van der Waals surface area contributed by atoms with E-state index in [0.29, 0.717) is 16.3 Å². The summed E-state index contributed by atoms with van der Waals surface area (Å²) in [6.07, 6.45) is 11.5. The lowest BCUT2D eigenvalue weighted by Crippen LogP contribution is -2.42. The minimum absolute atomic E-state index is 0.128. The van der Waals surface area contributed by atoms with Crippen LogP contribution >= 0.6 is 0 Å². The Bertz CT molecular complexity index is 1330. The Hall–Kier alpha value is -3.25. The summed E-state index contributed by atoms with van der Waals surface area (Å²) in [6.45, 7) is 3.38. The maximum Gasteiger partial charge on any atom is 0.258 e. The van der Waals surface area contributed by atoms with Gasteiger partial charge in [-0.05, 0) is 79.4 Å². The fourth-order valence-electron chi connectivity index (χ4n) is 5.66. The van der Waals surface area contributed by atoms with Crippen molar-refractivity contribution < 1.29 is 0 Å². The Morgan fingerprint density at radius 2 is 1.91 bits per heavy atom. The molecule has 2 aromatic heterocycles. The van der Waals surface area contributed by atoms with E-state index in [9.17, 15) is 4.79 Å². The van der Waals surface area contributed by atoms with Crippen LogP contribution in [0.15, 0.2) is 66.0 Å². The monoisotopic (exact) mass is 425 g/mol. The average Bonchev–Trinajstić information content (AvgIpc) is 3.45. The third kappa shape index (κ3) is 3.26. The van der Waals surface area contributed by atoms with E-state index in [2.05, 4.69) is 50.4 Å². The number of H-pyrrole nitrogens is 1. The van der Waals surface area contributed by atoms with Gasteiger partial charge < -0.3 is 9.88 Å². The fraction of sp³-hybridized carbons (Fsp3) is 0.346. The van der Waals surface area contributed by atoms with Gasteiger partial charge in [-0.1, -0.05) is 30.3 Å². The molecule has 1 spiro atoms. The van der Waals surface area contributed by atoms with Crippen LogP contribution in [0.3, 0.4) is 0 Å². The first-order chi connectivity index (χ1) is 15.7. The molecule has 0 unspecified atom stereocenters. The quantitative estimate of drug-likeness (QED) is 0.542. The molecule has 0 saturated carbocycles. The SMILES string of the molecule is O=c1[nH]cnc2c(-n3cc(CCN4CCC5(CCc6ccccc65)CC4)cn3)cccc12. The van der Waals surface area contributed by atoms with Crippen molar-refractivity contribution in [2.24, 2.45) is 0 Å². The molecule has 2 aromatic carbocycles. The first kappa shape index (κ1) is 19.4. The van der Waals surface area contributed by atoms with Crippen molar-refractivity contribution in [2.45, 2.75) is 37.5 Å². The number of para-hydroxylation sites is 1. The van der Waals surface area contributed by atoms with Gasteiger partial charge in [0.1, 0.15) is 5.52 Å². The summed E-state index contributed by atoms with van der Waals surface area (Å²) in [5, 5.41) is 5.14. The number of hydrogen-bond donors (Lipinski definition) is 1. The molecule has 6 nitrogen and oxygen atoms in total. The second-order valence-corrected chi connectivity index (χ2v) is 9.23. The van der Waals surface area contributed by atoms with Crippen molar-refractivity contribution in [3.05, 3.63) is 88.2 Å². The molecule has 1 saturated heterocycles. The van der Waals surface area contributed by atoms with E-state index in [-0.39, 0.29) is 5.56 Å². The molecule has 0 amide bonds. The van der Waals surface area contributed by atoms with Crippen LogP contribution in [-0.2, 0) is 18.3 Å². The molecule has 32 heavy (non-hydrogen) atoms. The van der Waals surface area contributed by atoms with Gasteiger partial charge >= 0.3 is 0 Å². The highest BCUT2D eigenvalue weighted by atomic mass is 16.1. The number of benzene rings is 2. The second kappa shape index (κ2) is 7.71. The molecular formula is C26H27N5O. The number of fused-ring (bicyclic) bond motifs is 3. The van der Waals surface area contributed by atoms with E-state index < -0.39 is 0 Å². The van der Waals surface area contributed by atoms with Crippen LogP contribution in [0.2, 0.25) is 0 Å². The predicted octanol–water partition coefficient (Wildman–Crippen LogP) is 3.63. The van der Waals surface area contributed by atoms with Crippen molar-refractivity contribution in [1.82, 2.24) is 24.6 Å². The largest absolute Gasteiger partial charge is 0.313 e. The highest BCUT2D eigenvalue weighted by Crippen LogP contribution is 2.46. The van der Waals surface area contributed by atoms with Crippen molar-refractivity contribution in [2.75, 3.05) is 19.6 Å². The van der Waals surface area contributed by atoms with Crippen LogP contribution in [-0.4, -0.2) is 44.3 Å². The van der Waals surface area contributed by atoms with E-state index in [1.807, 2.05) is 23.0 Å². The number of likely N-dealkylation sites (tertiary alicyclic amines) is 1. The molecule has 2 aliphatic rings. The summed E-state index contributed by atoms with van der Waals surface area (Å²) in [6, 6.07) is 14.7. The number of aromatic nitrogens is 4. The Morgan fingerprint density at radius 1 is 1.03 bits per heavy atom. The van der Waals surface area contributed by atoms with E-state index in [0.717, 1.165) is 18.7 Å². The lowest BCUT2D eigenvalue weighted by molar-refractivity contribution is 0.160. The number of aryl methyl sites for hydroxylation is 1. The molecule has 1 aliphatic carbocycles. The molecule has 3 heterocycles. The Balaban J connectivity index is 1.12. The number of nitrogens with one attached hydrogen (secondary N) is 1. The van der Waals surface area contributed by atoms with Crippen LogP contribution in [0.25, 0.3) is 16.6 Å². The van der Waals surface area contributed by atoms with Crippen molar-refractivity contribution in [3.63, 3.8) is 0 Å². The topological polar surface area (TPSA) is 66.8 Å². The van der Waals surface area contributed by atoms with Crippen LogP contribution in [0.4, 0.5) is 0 Å². The maximum absolute atomic E-state index is 12.1. The first-order valence-corrected chi connectivity index (χ1v) is 11.5. The first-order valence-electron chi connectivity index (χ1n) is 11.5. The molecule has 0 bridgehead atoms. The Labute approximate surface area is 186 Å². The van der Waals surface area contributed by atoms with Gasteiger partial charge in [-0.2, -0.15) is 5.10 Å². The summed E-state index contributed by atoms with van der Waals surface area (Å²) in [5.41, 5.74) is 6.18. The minimum Gasteiger partial charge on any atom is -0.313 e. The number of rotatable bonds is 4. The van der Waals surface area contributed by atoms with Gasteiger partial charge in [0.05, 0.1) is 23.6 Å². The summed E-state index contributed by atoms with van der Waals surface area (Å²) in [7, 11) is 0. The average molecular weight is 426 g/mol. The van der Waals surface area contributed by atoms with E-state index in [4.69, 9.17) is 0 Å². The van der Waals surface area contributed by atoms with Gasteiger partial charge in [-0.25, -0.2) is 9.67 Å². The van der Waals surface area contributed by atoms with Crippen LogP contribution in [0.5, 0.6) is 0 Å². The third-order valence-electron chi connectivity index (χ3n) is 7.52. The van der Waals surface area contributed by atoms with Gasteiger partial charge in [0.2, 0.25) is 0 Å². The maximum atomic E-state index is 12.1. The predicted molar refractivity (Wildman–Crippen MR) is 125 cm³/mol. The fourth-order valence-corrected chi connectivity index (χ4v) is 5.66. The highest BCUT2D eigenvalue weighted by Gasteiger charge is 2.40. The highest BCUT2D eigenvalue weighted by molar-refractivity contribution is 5.85. The molecule has 1 fully saturated rings. The normalized spacial score (nSPS) is 17.8. The molecule has 6 heteroatoms. The minimum atomic E-state index is -0.128. The summed E-state index contributed by atoms with van der Waals surface area (Å²) >= 11 is 0. The lowest BCUT2D eigenvalue weighted by atomic mass is 9.74. The van der Waals surface area contributed by atoms with E-state index in [1.165, 1.54) is 50.7 Å². The summed E-state index contributed by atoms with van der Waals surface area (Å²) in [4.78, 5) is 21.7. The Kier molecular flexibility index (Phi) is 4.68. The number of hydrogen-bond acceptors (Lipinski definition) is 4. The van der Waals surface area contributed by atoms with E-state index in [1.54, 1.807) is 17.2 Å². The van der Waals surface area contributed by atoms with Gasteiger partial charge in [0.25, 0.3) is 5.56 Å². The third-order valence-corrected chi connectivity index (χ3v) is 7.52. The number of nitrogens with zero attached hydrogens (tertiary/aromatic N) is 4. The molecule has 162 valence electrons. The standard InChI is InChI=1S/C26H27N5O/c32-25-21-5-3-7-23(24(21)27-18-28-25)31-17-19(16-29-31)9-13-30-14-11-26(12-15-30)10-8-20-4-1-2-6-22(20)26/h1-7,16-18H,8-15H2,(H,27,28,32). The molecular weight excluding hydrogens is 398 g/mol. The number of piperidine rings is 1. The second-order valence-electron chi connectivity index (χ2n) is 9.23. The van der Waals surface area contributed by atoms with Gasteiger partial charge in [-0.15, -0.1) is 0 Å². The lowest BCUT2D eigenvalue weighted by Gasteiger charge is -2.40. The Morgan fingerprint density at radius 3 is 2.81 bits per heavy atom. The molecule has 1 aliphatic heterocycles. The zero-order chi connectivity index (χ0) is 21.5. The molecule has 4 aromatic rings. The van der Waals surface area contributed by atoms with Crippen molar-refractivity contribution >= 4 is 10.9 Å². The molecule has 1 N–H and O–H groups in total. The smallest absolute Gasteiger partial charge is 0.258 e.